The van der Waals surface area contributed by atoms with E-state index in [0.717, 1.165) is 10.9 Å². The highest BCUT2D eigenvalue weighted by Crippen LogP contribution is 2.35. The van der Waals surface area contributed by atoms with Gasteiger partial charge in [0.2, 0.25) is 0 Å². The Balaban J connectivity index is 2.01. The van der Waals surface area contributed by atoms with E-state index in [0.29, 0.717) is 13.0 Å². The zero-order valence-corrected chi connectivity index (χ0v) is 10.7. The summed E-state index contributed by atoms with van der Waals surface area (Å²) in [5.74, 6) is 0.179. The Hall–Kier alpha value is -1.69. The minimum absolute atomic E-state index is 0.179. The topological polar surface area (TPSA) is 35.2 Å². The van der Waals surface area contributed by atoms with Crippen LogP contribution in [-0.2, 0) is 12.6 Å². The zero-order valence-electron chi connectivity index (χ0n) is 9.91. The summed E-state index contributed by atoms with van der Waals surface area (Å²) >= 11 is 1.59. The Morgan fingerprint density at radius 1 is 1.21 bits per heavy atom. The van der Waals surface area contributed by atoms with E-state index in [2.05, 4.69) is 0 Å². The molecule has 0 atom stereocenters. The van der Waals surface area contributed by atoms with Crippen molar-refractivity contribution in [1.82, 2.24) is 0 Å². The van der Waals surface area contributed by atoms with E-state index in [1.165, 1.54) is 12.1 Å². The van der Waals surface area contributed by atoms with Crippen molar-refractivity contribution in [3.63, 3.8) is 0 Å². The number of halogens is 3. The van der Waals surface area contributed by atoms with Crippen molar-refractivity contribution in [2.75, 3.05) is 12.3 Å². The van der Waals surface area contributed by atoms with Gasteiger partial charge in [-0.1, -0.05) is 6.07 Å². The van der Waals surface area contributed by atoms with Gasteiger partial charge in [-0.2, -0.15) is 13.2 Å². The molecule has 1 aromatic heterocycles. The molecule has 6 heteroatoms. The van der Waals surface area contributed by atoms with Crippen LogP contribution >= 0.6 is 11.3 Å². The molecule has 0 amide bonds. The molecule has 0 aliphatic rings. The third-order valence-electron chi connectivity index (χ3n) is 2.53. The van der Waals surface area contributed by atoms with Crippen molar-refractivity contribution >= 4 is 17.0 Å². The molecule has 0 saturated heterocycles. The van der Waals surface area contributed by atoms with Crippen LogP contribution in [0.25, 0.3) is 0 Å². The van der Waals surface area contributed by atoms with E-state index in [4.69, 9.17) is 10.5 Å². The fraction of sp³-hybridized carbons (Fsp3) is 0.231. The second-order valence-corrected chi connectivity index (χ2v) is 4.96. The van der Waals surface area contributed by atoms with Gasteiger partial charge >= 0.3 is 6.18 Å². The van der Waals surface area contributed by atoms with Crippen LogP contribution in [0, 0.1) is 0 Å². The van der Waals surface area contributed by atoms with Gasteiger partial charge in [-0.15, -0.1) is 11.3 Å². The number of benzene rings is 1. The lowest BCUT2D eigenvalue weighted by Crippen LogP contribution is -2.09. The van der Waals surface area contributed by atoms with Crippen molar-refractivity contribution in [2.24, 2.45) is 0 Å². The van der Waals surface area contributed by atoms with Gasteiger partial charge in [0.25, 0.3) is 0 Å². The second-order valence-electron chi connectivity index (χ2n) is 3.92. The summed E-state index contributed by atoms with van der Waals surface area (Å²) in [6, 6.07) is 7.47. The van der Waals surface area contributed by atoms with Crippen molar-refractivity contribution in [3.8, 4) is 5.75 Å². The molecule has 0 aliphatic carbocycles. The van der Waals surface area contributed by atoms with Gasteiger partial charge in [0.15, 0.2) is 0 Å². The molecule has 0 unspecified atom stereocenters. The summed E-state index contributed by atoms with van der Waals surface area (Å²) in [7, 11) is 0. The van der Waals surface area contributed by atoms with Gasteiger partial charge in [0.05, 0.1) is 12.2 Å². The number of rotatable bonds is 4. The number of anilines is 1. The molecule has 0 saturated carbocycles. The normalized spacial score (nSPS) is 11.5. The molecule has 1 heterocycles. The summed E-state index contributed by atoms with van der Waals surface area (Å²) in [6.07, 6.45) is -3.79. The molecule has 2 rings (SSSR count). The van der Waals surface area contributed by atoms with Crippen molar-refractivity contribution in [3.05, 3.63) is 46.2 Å². The lowest BCUT2D eigenvalue weighted by molar-refractivity contribution is -0.137. The molecule has 1 aromatic carbocycles. The van der Waals surface area contributed by atoms with Crippen LogP contribution in [0.2, 0.25) is 0 Å². The van der Waals surface area contributed by atoms with Crippen LogP contribution < -0.4 is 10.5 Å². The number of ether oxygens (including phenoxy) is 1. The highest BCUT2D eigenvalue weighted by Gasteiger charge is 2.33. The van der Waals surface area contributed by atoms with Gasteiger partial charge < -0.3 is 10.5 Å². The first kappa shape index (κ1) is 13.7. The maximum absolute atomic E-state index is 12.6. The van der Waals surface area contributed by atoms with Crippen LogP contribution in [0.15, 0.2) is 35.7 Å². The Morgan fingerprint density at radius 3 is 2.63 bits per heavy atom. The number of nitrogen functional groups attached to an aromatic ring is 1. The van der Waals surface area contributed by atoms with Crippen molar-refractivity contribution < 1.29 is 17.9 Å². The summed E-state index contributed by atoms with van der Waals surface area (Å²) in [5.41, 5.74) is 4.15. The maximum Gasteiger partial charge on any atom is 0.418 e. The Labute approximate surface area is 112 Å². The lowest BCUT2D eigenvalue weighted by atomic mass is 10.1. The van der Waals surface area contributed by atoms with E-state index in [9.17, 15) is 13.2 Å². The molecule has 0 aliphatic heterocycles. The first-order chi connectivity index (χ1) is 8.97. The third-order valence-corrected chi connectivity index (χ3v) is 3.46. The number of nitrogens with two attached hydrogens (primary N) is 1. The van der Waals surface area contributed by atoms with Crippen LogP contribution in [0.5, 0.6) is 5.75 Å². The third kappa shape index (κ3) is 3.64. The summed E-state index contributed by atoms with van der Waals surface area (Å²) in [4.78, 5) is 1.13. The predicted molar refractivity (Wildman–Crippen MR) is 69.4 cm³/mol. The number of hydrogen-bond acceptors (Lipinski definition) is 3. The standard InChI is InChI=1S/C13H12F3NOS/c14-13(15,16)11-8-9(3-4-12(11)17)18-6-5-10-2-1-7-19-10/h1-4,7-8H,5-6,17H2. The molecule has 19 heavy (non-hydrogen) atoms. The van der Waals surface area contributed by atoms with E-state index in [1.54, 1.807) is 11.3 Å². The summed E-state index contributed by atoms with van der Waals surface area (Å²) in [6.45, 7) is 0.335. The Kier molecular flexibility index (Phi) is 3.99. The van der Waals surface area contributed by atoms with Gasteiger partial charge in [-0.25, -0.2) is 0 Å². The quantitative estimate of drug-likeness (QED) is 0.864. The van der Waals surface area contributed by atoms with Crippen LogP contribution in [-0.4, -0.2) is 6.61 Å². The molecule has 0 spiro atoms. The van der Waals surface area contributed by atoms with Gasteiger partial charge in [-0.05, 0) is 29.6 Å². The SMILES string of the molecule is Nc1ccc(OCCc2cccs2)cc1C(F)(F)F. The minimum Gasteiger partial charge on any atom is -0.493 e. The smallest absolute Gasteiger partial charge is 0.418 e. The second kappa shape index (κ2) is 5.52. The summed E-state index contributed by atoms with van der Waals surface area (Å²) < 4.78 is 43.2. The van der Waals surface area contributed by atoms with Gasteiger partial charge in [0.1, 0.15) is 5.75 Å². The van der Waals surface area contributed by atoms with Crippen molar-refractivity contribution in [1.29, 1.82) is 0 Å². The first-order valence-corrected chi connectivity index (χ1v) is 6.46. The van der Waals surface area contributed by atoms with Crippen LogP contribution in [0.1, 0.15) is 10.4 Å². The molecule has 0 bridgehead atoms. The monoisotopic (exact) mass is 287 g/mol. The minimum atomic E-state index is -4.46. The molecule has 102 valence electrons. The van der Waals surface area contributed by atoms with Gasteiger partial charge in [0, 0.05) is 17.0 Å². The molecule has 0 radical (unpaired) electrons. The zero-order chi connectivity index (χ0) is 13.9. The molecule has 0 fully saturated rings. The average molecular weight is 287 g/mol. The van der Waals surface area contributed by atoms with E-state index < -0.39 is 11.7 Å². The summed E-state index contributed by atoms with van der Waals surface area (Å²) in [5, 5.41) is 1.94. The molecule has 2 N–H and O–H groups in total. The number of thiophene rings is 1. The number of alkyl halides is 3. The lowest BCUT2D eigenvalue weighted by Gasteiger charge is -2.12. The van der Waals surface area contributed by atoms with E-state index in [1.807, 2.05) is 17.5 Å². The van der Waals surface area contributed by atoms with E-state index >= 15 is 0 Å². The Morgan fingerprint density at radius 2 is 2.00 bits per heavy atom. The van der Waals surface area contributed by atoms with Crippen LogP contribution in [0.3, 0.4) is 0 Å². The largest absolute Gasteiger partial charge is 0.493 e. The van der Waals surface area contributed by atoms with Crippen LogP contribution in [0.4, 0.5) is 18.9 Å². The molecule has 2 nitrogen and oxygen atoms in total. The fourth-order valence-electron chi connectivity index (χ4n) is 1.59. The van der Waals surface area contributed by atoms with Crippen molar-refractivity contribution in [2.45, 2.75) is 12.6 Å². The first-order valence-electron chi connectivity index (χ1n) is 5.59. The molecular formula is C13H12F3NOS. The van der Waals surface area contributed by atoms with Gasteiger partial charge in [-0.3, -0.25) is 0 Å². The predicted octanol–water partition coefficient (Wildman–Crippen LogP) is 3.97. The Bertz CT molecular complexity index is 537. The maximum atomic E-state index is 12.6. The van der Waals surface area contributed by atoms with E-state index in [-0.39, 0.29) is 11.4 Å². The molecule has 2 aromatic rings. The highest BCUT2D eigenvalue weighted by atomic mass is 32.1. The number of hydrogen-bond donors (Lipinski definition) is 1. The average Bonchev–Trinajstić information content (AvgIpc) is 2.83. The highest BCUT2D eigenvalue weighted by molar-refractivity contribution is 7.09. The molecular weight excluding hydrogens is 275 g/mol. The fourth-order valence-corrected chi connectivity index (χ4v) is 2.29.